The van der Waals surface area contributed by atoms with E-state index in [0.717, 1.165) is 42.9 Å². The van der Waals surface area contributed by atoms with Gasteiger partial charge in [0.05, 0.1) is 18.0 Å². The third kappa shape index (κ3) is 5.38. The molecule has 3 N–H and O–H groups in total. The second kappa shape index (κ2) is 9.78. The Bertz CT molecular complexity index is 902. The molecule has 6 nitrogen and oxygen atoms in total. The summed E-state index contributed by atoms with van der Waals surface area (Å²) in [6.45, 7) is 4.32. The Labute approximate surface area is 171 Å². The molecule has 0 aromatic heterocycles. The molecule has 0 bridgehead atoms. The summed E-state index contributed by atoms with van der Waals surface area (Å²) in [6, 6.07) is 12.7. The smallest absolute Gasteiger partial charge is 0.248 e. The summed E-state index contributed by atoms with van der Waals surface area (Å²) in [6.07, 6.45) is 6.62. The zero-order valence-electron chi connectivity index (χ0n) is 16.7. The number of ether oxygens (including phenoxy) is 1. The summed E-state index contributed by atoms with van der Waals surface area (Å²) >= 11 is 0. The minimum absolute atomic E-state index is 0.281. The zero-order chi connectivity index (χ0) is 20.6. The molecule has 2 amide bonds. The Hall–Kier alpha value is -3.28. The van der Waals surface area contributed by atoms with Gasteiger partial charge in [-0.15, -0.1) is 0 Å². The molecule has 1 aliphatic heterocycles. The molecule has 0 atom stereocenters. The number of para-hydroxylation sites is 1. The highest BCUT2D eigenvalue weighted by Crippen LogP contribution is 2.30. The molecular formula is C23H27N3O3. The molecule has 0 radical (unpaired) electrons. The molecule has 29 heavy (non-hydrogen) atoms. The first kappa shape index (κ1) is 20.5. The van der Waals surface area contributed by atoms with Gasteiger partial charge in [-0.2, -0.15) is 0 Å². The first-order valence-corrected chi connectivity index (χ1v) is 9.98. The fourth-order valence-electron chi connectivity index (χ4n) is 3.45. The van der Waals surface area contributed by atoms with Gasteiger partial charge < -0.3 is 20.7 Å². The van der Waals surface area contributed by atoms with Gasteiger partial charge in [-0.25, -0.2) is 0 Å². The van der Waals surface area contributed by atoms with Gasteiger partial charge in [0.2, 0.25) is 11.8 Å². The molecule has 1 saturated heterocycles. The predicted octanol–water partition coefficient (Wildman–Crippen LogP) is 3.83. The van der Waals surface area contributed by atoms with Crippen molar-refractivity contribution in [1.29, 1.82) is 0 Å². The minimum atomic E-state index is -0.521. The van der Waals surface area contributed by atoms with E-state index in [2.05, 4.69) is 10.2 Å². The van der Waals surface area contributed by atoms with Crippen molar-refractivity contribution in [2.24, 2.45) is 5.73 Å². The number of primary amides is 1. The van der Waals surface area contributed by atoms with E-state index >= 15 is 0 Å². The zero-order valence-corrected chi connectivity index (χ0v) is 16.7. The highest BCUT2D eigenvalue weighted by Gasteiger charge is 2.17. The van der Waals surface area contributed by atoms with Crippen LogP contribution in [0.4, 0.5) is 11.4 Å². The number of benzene rings is 2. The van der Waals surface area contributed by atoms with E-state index < -0.39 is 5.91 Å². The van der Waals surface area contributed by atoms with Crippen molar-refractivity contribution in [2.75, 3.05) is 29.9 Å². The van der Waals surface area contributed by atoms with Crippen molar-refractivity contribution in [2.45, 2.75) is 26.2 Å². The molecule has 1 aliphatic rings. The molecule has 152 valence electrons. The van der Waals surface area contributed by atoms with E-state index in [0.29, 0.717) is 17.9 Å². The summed E-state index contributed by atoms with van der Waals surface area (Å²) in [5, 5.41) is 2.91. The fraction of sp³-hybridized carbons (Fsp3) is 0.304. The van der Waals surface area contributed by atoms with Crippen LogP contribution in [0.15, 0.2) is 48.5 Å². The SMILES string of the molecule is CCOc1ccccc1/C=C/C(=O)Nc1cc(C(N)=O)ccc1N1CCCCC1. The van der Waals surface area contributed by atoms with Gasteiger partial charge in [0, 0.05) is 30.3 Å². The lowest BCUT2D eigenvalue weighted by Gasteiger charge is -2.30. The van der Waals surface area contributed by atoms with E-state index in [-0.39, 0.29) is 5.91 Å². The topological polar surface area (TPSA) is 84.7 Å². The summed E-state index contributed by atoms with van der Waals surface area (Å²) < 4.78 is 5.59. The Morgan fingerprint density at radius 2 is 1.90 bits per heavy atom. The summed E-state index contributed by atoms with van der Waals surface area (Å²) in [7, 11) is 0. The third-order valence-corrected chi connectivity index (χ3v) is 4.87. The molecule has 6 heteroatoms. The van der Waals surface area contributed by atoms with Crippen LogP contribution in [0.1, 0.15) is 42.1 Å². The average Bonchev–Trinajstić information content (AvgIpc) is 2.74. The number of piperidine rings is 1. The van der Waals surface area contributed by atoms with E-state index in [1.54, 1.807) is 18.2 Å². The monoisotopic (exact) mass is 393 g/mol. The van der Waals surface area contributed by atoms with Crippen molar-refractivity contribution in [3.8, 4) is 5.75 Å². The van der Waals surface area contributed by atoms with Crippen molar-refractivity contribution < 1.29 is 14.3 Å². The van der Waals surface area contributed by atoms with Crippen LogP contribution in [-0.4, -0.2) is 31.5 Å². The number of nitrogens with zero attached hydrogens (tertiary/aromatic N) is 1. The molecule has 0 saturated carbocycles. The second-order valence-corrected chi connectivity index (χ2v) is 6.94. The van der Waals surface area contributed by atoms with Crippen LogP contribution in [0.2, 0.25) is 0 Å². The van der Waals surface area contributed by atoms with Crippen molar-refractivity contribution in [3.63, 3.8) is 0 Å². The number of hydrogen-bond donors (Lipinski definition) is 2. The number of carbonyl (C=O) groups excluding carboxylic acids is 2. The maximum absolute atomic E-state index is 12.6. The number of rotatable bonds is 7. The van der Waals surface area contributed by atoms with Crippen molar-refractivity contribution in [1.82, 2.24) is 0 Å². The van der Waals surface area contributed by atoms with Gasteiger partial charge in [0.15, 0.2) is 0 Å². The molecule has 0 aliphatic carbocycles. The largest absolute Gasteiger partial charge is 0.493 e. The lowest BCUT2D eigenvalue weighted by atomic mass is 10.1. The number of carbonyl (C=O) groups is 2. The lowest BCUT2D eigenvalue weighted by Crippen LogP contribution is -2.30. The van der Waals surface area contributed by atoms with Gasteiger partial charge >= 0.3 is 0 Å². The van der Waals surface area contributed by atoms with Gasteiger partial charge in [0.1, 0.15) is 5.75 Å². The van der Waals surface area contributed by atoms with Gasteiger partial charge in [-0.1, -0.05) is 18.2 Å². The number of hydrogen-bond acceptors (Lipinski definition) is 4. The molecule has 0 spiro atoms. The van der Waals surface area contributed by atoms with E-state index in [9.17, 15) is 9.59 Å². The quantitative estimate of drug-likeness (QED) is 0.700. The van der Waals surface area contributed by atoms with Gasteiger partial charge in [-0.05, 0) is 56.5 Å². The Balaban J connectivity index is 1.81. The first-order valence-electron chi connectivity index (χ1n) is 9.98. The van der Waals surface area contributed by atoms with Gasteiger partial charge in [-0.3, -0.25) is 9.59 Å². The molecule has 0 unspecified atom stereocenters. The van der Waals surface area contributed by atoms with Gasteiger partial charge in [0.25, 0.3) is 0 Å². The number of nitrogens with two attached hydrogens (primary N) is 1. The molecule has 3 rings (SSSR count). The highest BCUT2D eigenvalue weighted by atomic mass is 16.5. The highest BCUT2D eigenvalue weighted by molar-refractivity contribution is 6.05. The summed E-state index contributed by atoms with van der Waals surface area (Å²) in [5.41, 5.74) is 8.12. The first-order chi connectivity index (χ1) is 14.1. The average molecular weight is 393 g/mol. The predicted molar refractivity (Wildman–Crippen MR) is 116 cm³/mol. The maximum Gasteiger partial charge on any atom is 0.248 e. The Kier molecular flexibility index (Phi) is 6.89. The Morgan fingerprint density at radius 1 is 1.14 bits per heavy atom. The van der Waals surface area contributed by atoms with E-state index in [1.165, 1.54) is 12.5 Å². The number of nitrogens with one attached hydrogen (secondary N) is 1. The van der Waals surface area contributed by atoms with Crippen molar-refractivity contribution in [3.05, 3.63) is 59.7 Å². The van der Waals surface area contributed by atoms with Crippen LogP contribution in [0, 0.1) is 0 Å². The maximum atomic E-state index is 12.6. The lowest BCUT2D eigenvalue weighted by molar-refractivity contribution is -0.111. The van der Waals surface area contributed by atoms with Crippen LogP contribution in [0.3, 0.4) is 0 Å². The van der Waals surface area contributed by atoms with E-state index in [4.69, 9.17) is 10.5 Å². The van der Waals surface area contributed by atoms with Crippen LogP contribution < -0.4 is 20.7 Å². The Morgan fingerprint density at radius 3 is 2.62 bits per heavy atom. The van der Waals surface area contributed by atoms with E-state index in [1.807, 2.05) is 37.3 Å². The molecular weight excluding hydrogens is 366 g/mol. The minimum Gasteiger partial charge on any atom is -0.493 e. The van der Waals surface area contributed by atoms with Crippen LogP contribution in [0.5, 0.6) is 5.75 Å². The van der Waals surface area contributed by atoms with Crippen LogP contribution >= 0.6 is 0 Å². The van der Waals surface area contributed by atoms with Crippen LogP contribution in [-0.2, 0) is 4.79 Å². The fourth-order valence-corrected chi connectivity index (χ4v) is 3.45. The third-order valence-electron chi connectivity index (χ3n) is 4.87. The number of anilines is 2. The van der Waals surface area contributed by atoms with Crippen LogP contribution in [0.25, 0.3) is 6.08 Å². The molecule has 1 fully saturated rings. The van der Waals surface area contributed by atoms with Crippen molar-refractivity contribution >= 4 is 29.3 Å². The molecule has 2 aromatic rings. The standard InChI is InChI=1S/C23H27N3O3/c1-2-29-21-9-5-4-8-17(21)11-13-22(27)25-19-16-18(23(24)28)10-12-20(19)26-14-6-3-7-15-26/h4-5,8-13,16H,2-3,6-7,14-15H2,1H3,(H2,24,28)(H,25,27)/b13-11+. The summed E-state index contributed by atoms with van der Waals surface area (Å²) in [4.78, 5) is 26.4. The number of amides is 2. The summed E-state index contributed by atoms with van der Waals surface area (Å²) in [5.74, 6) is -0.0770. The normalized spacial score (nSPS) is 14.0. The molecule has 1 heterocycles. The second-order valence-electron chi connectivity index (χ2n) is 6.94. The molecule has 2 aromatic carbocycles.